The van der Waals surface area contributed by atoms with Crippen LogP contribution >= 0.6 is 22.7 Å². The normalized spacial score (nSPS) is 11.0. The fourth-order valence-corrected chi connectivity index (χ4v) is 4.68. The van der Waals surface area contributed by atoms with Crippen molar-refractivity contribution in [2.75, 3.05) is 7.11 Å². The van der Waals surface area contributed by atoms with Crippen molar-refractivity contribution in [1.29, 1.82) is 0 Å². The molecule has 4 rings (SSSR count). The topological polar surface area (TPSA) is 83.0 Å². The first-order chi connectivity index (χ1) is 14.0. The van der Waals surface area contributed by atoms with Crippen molar-refractivity contribution in [3.8, 4) is 27.8 Å². The number of primary amides is 1. The Labute approximate surface area is 176 Å². The van der Waals surface area contributed by atoms with Gasteiger partial charge in [0.2, 0.25) is 0 Å². The molecule has 3 aromatic heterocycles. The highest BCUT2D eigenvalue weighted by Gasteiger charge is 2.19. The van der Waals surface area contributed by atoms with Crippen LogP contribution in [0.15, 0.2) is 41.1 Å². The van der Waals surface area contributed by atoms with Crippen molar-refractivity contribution in [3.63, 3.8) is 0 Å². The molecule has 3 heterocycles. The van der Waals surface area contributed by atoms with E-state index in [1.165, 1.54) is 11.3 Å². The SMILES string of the molecule is COc1cccc(Cn2c(-c3csc(-c4csc(C)n4)n3)cc(C(N)=O)c2C)c1. The maximum Gasteiger partial charge on any atom is 0.250 e. The molecule has 2 N–H and O–H groups in total. The van der Waals surface area contributed by atoms with Crippen LogP contribution in [0.3, 0.4) is 0 Å². The van der Waals surface area contributed by atoms with Gasteiger partial charge in [-0.15, -0.1) is 22.7 Å². The third-order valence-corrected chi connectivity index (χ3v) is 6.35. The van der Waals surface area contributed by atoms with E-state index >= 15 is 0 Å². The van der Waals surface area contributed by atoms with Gasteiger partial charge in [-0.25, -0.2) is 9.97 Å². The molecule has 0 bridgehead atoms. The van der Waals surface area contributed by atoms with Crippen LogP contribution < -0.4 is 10.5 Å². The zero-order chi connectivity index (χ0) is 20.5. The van der Waals surface area contributed by atoms with E-state index in [1.807, 2.05) is 54.9 Å². The van der Waals surface area contributed by atoms with Gasteiger partial charge in [0.15, 0.2) is 0 Å². The lowest BCUT2D eigenvalue weighted by molar-refractivity contribution is 0.0999. The third kappa shape index (κ3) is 3.81. The van der Waals surface area contributed by atoms with Gasteiger partial charge in [-0.2, -0.15) is 0 Å². The standard InChI is InChI=1S/C21H20N4O2S2/c1-12-16(20(22)26)8-19(25(12)9-14-5-4-6-15(7-14)27-3)17-10-29-21(24-17)18-11-28-13(2)23-18/h4-8,10-11H,9H2,1-3H3,(H2,22,26). The van der Waals surface area contributed by atoms with E-state index in [-0.39, 0.29) is 0 Å². The molecule has 0 atom stereocenters. The Morgan fingerprint density at radius 2 is 1.93 bits per heavy atom. The molecule has 8 heteroatoms. The Kier molecular flexibility index (Phi) is 5.21. The van der Waals surface area contributed by atoms with E-state index in [2.05, 4.69) is 9.55 Å². The van der Waals surface area contributed by atoms with Crippen LogP contribution in [0.25, 0.3) is 22.1 Å². The number of nitrogens with zero attached hydrogens (tertiary/aromatic N) is 3. The third-order valence-electron chi connectivity index (χ3n) is 4.71. The van der Waals surface area contributed by atoms with Gasteiger partial charge in [0.25, 0.3) is 5.91 Å². The molecule has 1 aromatic carbocycles. The fourth-order valence-electron chi connectivity index (χ4n) is 3.23. The summed E-state index contributed by atoms with van der Waals surface area (Å²) >= 11 is 3.14. The van der Waals surface area contributed by atoms with Crippen LogP contribution in [0.4, 0.5) is 0 Å². The lowest BCUT2D eigenvalue weighted by Gasteiger charge is -2.12. The van der Waals surface area contributed by atoms with Gasteiger partial charge in [0.05, 0.1) is 29.1 Å². The first-order valence-electron chi connectivity index (χ1n) is 8.97. The average Bonchev–Trinajstić information content (AvgIpc) is 3.42. The molecule has 29 heavy (non-hydrogen) atoms. The molecule has 0 aliphatic carbocycles. The predicted molar refractivity (Wildman–Crippen MR) is 117 cm³/mol. The van der Waals surface area contributed by atoms with Crippen LogP contribution in [0.2, 0.25) is 0 Å². The lowest BCUT2D eigenvalue weighted by Crippen LogP contribution is -2.12. The molecular weight excluding hydrogens is 404 g/mol. The molecule has 6 nitrogen and oxygen atoms in total. The van der Waals surface area contributed by atoms with Crippen molar-refractivity contribution < 1.29 is 9.53 Å². The Hall–Kier alpha value is -2.97. The molecule has 0 aliphatic rings. The van der Waals surface area contributed by atoms with Crippen molar-refractivity contribution in [2.45, 2.75) is 20.4 Å². The Balaban J connectivity index is 1.77. The first-order valence-corrected chi connectivity index (χ1v) is 10.7. The summed E-state index contributed by atoms with van der Waals surface area (Å²) in [7, 11) is 1.65. The Morgan fingerprint density at radius 3 is 2.62 bits per heavy atom. The minimum absolute atomic E-state index is 0.446. The molecule has 0 radical (unpaired) electrons. The molecule has 0 saturated heterocycles. The molecule has 148 valence electrons. The summed E-state index contributed by atoms with van der Waals surface area (Å²) in [5.41, 5.74) is 10.5. The number of benzene rings is 1. The molecule has 0 spiro atoms. The van der Waals surface area contributed by atoms with Gasteiger partial charge in [-0.05, 0) is 37.6 Å². The number of thiazole rings is 2. The van der Waals surface area contributed by atoms with Crippen molar-refractivity contribution in [1.82, 2.24) is 14.5 Å². The second kappa shape index (κ2) is 7.81. The van der Waals surface area contributed by atoms with Crippen molar-refractivity contribution in [2.24, 2.45) is 5.73 Å². The van der Waals surface area contributed by atoms with E-state index < -0.39 is 5.91 Å². The fraction of sp³-hybridized carbons (Fsp3) is 0.190. The van der Waals surface area contributed by atoms with Gasteiger partial charge < -0.3 is 15.0 Å². The van der Waals surface area contributed by atoms with E-state index in [0.29, 0.717) is 12.1 Å². The maximum atomic E-state index is 12.0. The van der Waals surface area contributed by atoms with Gasteiger partial charge >= 0.3 is 0 Å². The maximum absolute atomic E-state index is 12.0. The summed E-state index contributed by atoms with van der Waals surface area (Å²) in [6.45, 7) is 4.46. The van der Waals surface area contributed by atoms with E-state index in [0.717, 1.165) is 44.1 Å². The number of amides is 1. The summed E-state index contributed by atoms with van der Waals surface area (Å²) in [5.74, 6) is 0.345. The summed E-state index contributed by atoms with van der Waals surface area (Å²) < 4.78 is 7.40. The number of aryl methyl sites for hydroxylation is 1. The largest absolute Gasteiger partial charge is 0.497 e. The highest BCUT2D eigenvalue weighted by molar-refractivity contribution is 7.14. The summed E-state index contributed by atoms with van der Waals surface area (Å²) in [4.78, 5) is 21.3. The molecule has 0 aliphatic heterocycles. The first kappa shape index (κ1) is 19.4. The second-order valence-corrected chi connectivity index (χ2v) is 8.54. The number of carbonyl (C=O) groups excluding carboxylic acids is 1. The Bertz CT molecular complexity index is 1190. The summed E-state index contributed by atoms with van der Waals surface area (Å²) in [5, 5.41) is 5.86. The number of carbonyl (C=O) groups is 1. The van der Waals surface area contributed by atoms with Crippen molar-refractivity contribution in [3.05, 3.63) is 62.9 Å². The van der Waals surface area contributed by atoms with Gasteiger partial charge in [0.1, 0.15) is 16.5 Å². The van der Waals surface area contributed by atoms with Gasteiger partial charge in [0, 0.05) is 23.0 Å². The highest BCUT2D eigenvalue weighted by Crippen LogP contribution is 2.32. The molecule has 0 unspecified atom stereocenters. The minimum Gasteiger partial charge on any atom is -0.497 e. The van der Waals surface area contributed by atoms with Crippen LogP contribution in [0, 0.1) is 13.8 Å². The molecule has 4 aromatic rings. The van der Waals surface area contributed by atoms with Crippen LogP contribution in [-0.2, 0) is 6.54 Å². The van der Waals surface area contributed by atoms with Crippen molar-refractivity contribution >= 4 is 28.6 Å². The van der Waals surface area contributed by atoms with Gasteiger partial charge in [-0.3, -0.25) is 4.79 Å². The van der Waals surface area contributed by atoms with E-state index in [9.17, 15) is 4.79 Å². The van der Waals surface area contributed by atoms with Crippen LogP contribution in [0.5, 0.6) is 5.75 Å². The zero-order valence-corrected chi connectivity index (χ0v) is 17.9. The van der Waals surface area contributed by atoms with Crippen LogP contribution in [-0.4, -0.2) is 27.6 Å². The lowest BCUT2D eigenvalue weighted by atomic mass is 10.2. The number of rotatable bonds is 6. The number of nitrogens with two attached hydrogens (primary N) is 1. The van der Waals surface area contributed by atoms with Crippen LogP contribution in [0.1, 0.15) is 26.6 Å². The van der Waals surface area contributed by atoms with Gasteiger partial charge in [-0.1, -0.05) is 12.1 Å². The molecule has 0 saturated carbocycles. The number of hydrogen-bond acceptors (Lipinski definition) is 6. The number of aromatic nitrogens is 3. The number of methoxy groups -OCH3 is 1. The second-order valence-electron chi connectivity index (χ2n) is 6.62. The minimum atomic E-state index is -0.446. The van der Waals surface area contributed by atoms with E-state index in [1.54, 1.807) is 18.4 Å². The highest BCUT2D eigenvalue weighted by atomic mass is 32.1. The monoisotopic (exact) mass is 424 g/mol. The predicted octanol–water partition coefficient (Wildman–Crippen LogP) is 4.51. The van der Waals surface area contributed by atoms with E-state index in [4.69, 9.17) is 15.5 Å². The summed E-state index contributed by atoms with van der Waals surface area (Å²) in [6, 6.07) is 9.69. The quantitative estimate of drug-likeness (QED) is 0.494. The number of ether oxygens (including phenoxy) is 1. The summed E-state index contributed by atoms with van der Waals surface area (Å²) in [6.07, 6.45) is 0. The molecular formula is C21H20N4O2S2. The molecule has 1 amide bonds. The Morgan fingerprint density at radius 1 is 1.14 bits per heavy atom. The average molecular weight is 425 g/mol. The zero-order valence-electron chi connectivity index (χ0n) is 16.3. The smallest absolute Gasteiger partial charge is 0.250 e. The number of hydrogen-bond donors (Lipinski definition) is 1. The molecule has 0 fully saturated rings.